The van der Waals surface area contributed by atoms with Gasteiger partial charge >= 0.3 is 0 Å². The molecule has 1 atom stereocenters. The Balaban J connectivity index is 2.52. The highest BCUT2D eigenvalue weighted by atomic mass is 35.5. The smallest absolute Gasteiger partial charge is 0.271 e. The molecule has 0 bridgehead atoms. The fraction of sp³-hybridized carbons (Fsp3) is 0.500. The molecule has 0 fully saturated rings. The minimum Gasteiger partial charge on any atom is -0.348 e. The van der Waals surface area contributed by atoms with Crippen molar-refractivity contribution in [2.75, 3.05) is 5.88 Å². The second-order valence-electron chi connectivity index (χ2n) is 3.51. The molecule has 0 aromatic carbocycles. The Bertz CT molecular complexity index is 385. The first-order valence-electron chi connectivity index (χ1n) is 5.06. The zero-order chi connectivity index (χ0) is 12.0. The van der Waals surface area contributed by atoms with Gasteiger partial charge in [0.15, 0.2) is 0 Å². The molecule has 1 aromatic heterocycles. The van der Waals surface area contributed by atoms with E-state index in [-0.39, 0.29) is 23.2 Å². The van der Waals surface area contributed by atoms with Crippen molar-refractivity contribution in [2.24, 2.45) is 0 Å². The maximum Gasteiger partial charge on any atom is 0.271 e. The first kappa shape index (κ1) is 12.7. The summed E-state index contributed by atoms with van der Waals surface area (Å²) in [5.74, 6) is 0.287. The van der Waals surface area contributed by atoms with Crippen LogP contribution in [0.4, 0.5) is 0 Å². The topological polar surface area (TPSA) is 74.8 Å². The highest BCUT2D eigenvalue weighted by Gasteiger charge is 2.10. The first-order chi connectivity index (χ1) is 7.63. The van der Waals surface area contributed by atoms with E-state index in [0.29, 0.717) is 5.88 Å². The summed E-state index contributed by atoms with van der Waals surface area (Å²) in [5.41, 5.74) is -0.121. The molecule has 1 aromatic rings. The average molecular weight is 244 g/mol. The Morgan fingerprint density at radius 1 is 1.62 bits per heavy atom. The molecule has 0 saturated carbocycles. The van der Waals surface area contributed by atoms with Crippen LogP contribution in [0.2, 0.25) is 0 Å². The number of nitrogens with one attached hydrogen (secondary N) is 2. The van der Waals surface area contributed by atoms with Gasteiger partial charge in [0.25, 0.3) is 11.5 Å². The second kappa shape index (κ2) is 6.27. The molecule has 0 saturated heterocycles. The third-order valence-corrected chi connectivity index (χ3v) is 2.33. The molecule has 0 spiro atoms. The third kappa shape index (κ3) is 4.02. The molecule has 0 aliphatic carbocycles. The number of aromatic nitrogens is 2. The maximum absolute atomic E-state index is 11.6. The third-order valence-electron chi connectivity index (χ3n) is 2.06. The fourth-order valence-corrected chi connectivity index (χ4v) is 1.38. The van der Waals surface area contributed by atoms with Gasteiger partial charge in [-0.25, -0.2) is 5.10 Å². The predicted molar refractivity (Wildman–Crippen MR) is 61.7 cm³/mol. The number of halogens is 1. The van der Waals surface area contributed by atoms with Crippen molar-refractivity contribution in [2.45, 2.75) is 25.8 Å². The fourth-order valence-electron chi connectivity index (χ4n) is 1.22. The molecule has 2 N–H and O–H groups in total. The van der Waals surface area contributed by atoms with E-state index in [4.69, 9.17) is 11.6 Å². The van der Waals surface area contributed by atoms with Crippen LogP contribution in [0.25, 0.3) is 0 Å². The molecule has 1 unspecified atom stereocenters. The zero-order valence-corrected chi connectivity index (χ0v) is 9.75. The summed E-state index contributed by atoms with van der Waals surface area (Å²) in [6.07, 6.45) is 1.67. The summed E-state index contributed by atoms with van der Waals surface area (Å²) < 4.78 is 0. The predicted octanol–water partition coefficient (Wildman–Crippen LogP) is 0.907. The number of rotatable bonds is 5. The van der Waals surface area contributed by atoms with Gasteiger partial charge in [-0.05, 0) is 25.8 Å². The van der Waals surface area contributed by atoms with E-state index < -0.39 is 0 Å². The van der Waals surface area contributed by atoms with Gasteiger partial charge < -0.3 is 5.32 Å². The van der Waals surface area contributed by atoms with Crippen LogP contribution in [0, 0.1) is 0 Å². The van der Waals surface area contributed by atoms with E-state index in [2.05, 4.69) is 15.5 Å². The lowest BCUT2D eigenvalue weighted by atomic mass is 10.2. The summed E-state index contributed by atoms with van der Waals surface area (Å²) in [6, 6.07) is 2.70. The number of hydrogen-bond donors (Lipinski definition) is 2. The Morgan fingerprint density at radius 2 is 2.38 bits per heavy atom. The molecule has 6 heteroatoms. The largest absolute Gasteiger partial charge is 0.348 e. The van der Waals surface area contributed by atoms with Crippen molar-refractivity contribution in [3.05, 3.63) is 28.2 Å². The Morgan fingerprint density at radius 3 is 2.94 bits per heavy atom. The number of H-pyrrole nitrogens is 1. The molecule has 16 heavy (non-hydrogen) atoms. The number of carbonyl (C=O) groups is 1. The van der Waals surface area contributed by atoms with Crippen LogP contribution in [-0.2, 0) is 0 Å². The van der Waals surface area contributed by atoms with Crippen LogP contribution >= 0.6 is 11.6 Å². The molecular formula is C10H14ClN3O2. The summed E-state index contributed by atoms with van der Waals surface area (Å²) in [7, 11) is 0. The number of amides is 1. The minimum absolute atomic E-state index is 0.0416. The van der Waals surface area contributed by atoms with E-state index in [9.17, 15) is 9.59 Å². The average Bonchev–Trinajstić information content (AvgIpc) is 2.27. The van der Waals surface area contributed by atoms with Crippen molar-refractivity contribution < 1.29 is 4.79 Å². The van der Waals surface area contributed by atoms with Crippen molar-refractivity contribution in [1.82, 2.24) is 15.5 Å². The lowest BCUT2D eigenvalue weighted by Gasteiger charge is -2.12. The molecule has 1 rings (SSSR count). The lowest BCUT2D eigenvalue weighted by molar-refractivity contribution is 0.0932. The van der Waals surface area contributed by atoms with E-state index in [0.717, 1.165) is 12.8 Å². The molecule has 5 nitrogen and oxygen atoms in total. The van der Waals surface area contributed by atoms with Crippen molar-refractivity contribution in [1.29, 1.82) is 0 Å². The lowest BCUT2D eigenvalue weighted by Crippen LogP contribution is -2.33. The Labute approximate surface area is 98.2 Å². The van der Waals surface area contributed by atoms with Gasteiger partial charge in [-0.3, -0.25) is 9.59 Å². The van der Waals surface area contributed by atoms with E-state index >= 15 is 0 Å². The standard InChI is InChI=1S/C10H14ClN3O2/c1-7(3-2-6-11)12-10(16)8-4-5-9(15)14-13-8/h4-5,7H,2-3,6H2,1H3,(H,12,16)(H,14,15). The Kier molecular flexibility index (Phi) is 4.98. The normalized spacial score (nSPS) is 12.1. The SMILES string of the molecule is CC(CCCCl)NC(=O)c1ccc(=O)[nH]n1. The zero-order valence-electron chi connectivity index (χ0n) is 9.00. The molecule has 88 valence electrons. The maximum atomic E-state index is 11.6. The van der Waals surface area contributed by atoms with Gasteiger partial charge in [-0.2, -0.15) is 5.10 Å². The van der Waals surface area contributed by atoms with E-state index in [1.54, 1.807) is 0 Å². The molecule has 0 aliphatic heterocycles. The molecule has 1 amide bonds. The van der Waals surface area contributed by atoms with Crippen LogP contribution in [-0.4, -0.2) is 28.0 Å². The molecule has 0 aliphatic rings. The monoisotopic (exact) mass is 243 g/mol. The summed E-state index contributed by atoms with van der Waals surface area (Å²) in [5, 5.41) is 8.61. The van der Waals surface area contributed by atoms with Gasteiger partial charge in [-0.1, -0.05) is 0 Å². The van der Waals surface area contributed by atoms with Gasteiger partial charge in [0, 0.05) is 18.0 Å². The van der Waals surface area contributed by atoms with Crippen molar-refractivity contribution >= 4 is 17.5 Å². The van der Waals surface area contributed by atoms with Crippen LogP contribution in [0.3, 0.4) is 0 Å². The number of aromatic amines is 1. The Hall–Kier alpha value is -1.36. The van der Waals surface area contributed by atoms with Gasteiger partial charge in [0.2, 0.25) is 0 Å². The van der Waals surface area contributed by atoms with Gasteiger partial charge in [-0.15, -0.1) is 11.6 Å². The molecular weight excluding hydrogens is 230 g/mol. The number of alkyl halides is 1. The van der Waals surface area contributed by atoms with Crippen LogP contribution < -0.4 is 10.9 Å². The number of nitrogens with zero attached hydrogens (tertiary/aromatic N) is 1. The minimum atomic E-state index is -0.327. The number of carbonyl (C=O) groups excluding carboxylic acids is 1. The van der Waals surface area contributed by atoms with Crippen LogP contribution in [0.1, 0.15) is 30.3 Å². The molecule has 0 radical (unpaired) electrons. The van der Waals surface area contributed by atoms with E-state index in [1.165, 1.54) is 12.1 Å². The summed E-state index contributed by atoms with van der Waals surface area (Å²) in [6.45, 7) is 1.90. The summed E-state index contributed by atoms with van der Waals surface area (Å²) >= 11 is 5.55. The molecule has 1 heterocycles. The summed E-state index contributed by atoms with van der Waals surface area (Å²) in [4.78, 5) is 22.3. The highest BCUT2D eigenvalue weighted by Crippen LogP contribution is 1.99. The van der Waals surface area contributed by atoms with Crippen molar-refractivity contribution in [3.8, 4) is 0 Å². The van der Waals surface area contributed by atoms with E-state index in [1.807, 2.05) is 6.92 Å². The van der Waals surface area contributed by atoms with Crippen LogP contribution in [0.15, 0.2) is 16.9 Å². The van der Waals surface area contributed by atoms with Gasteiger partial charge in [0.1, 0.15) is 5.69 Å². The highest BCUT2D eigenvalue weighted by molar-refractivity contribution is 6.17. The first-order valence-corrected chi connectivity index (χ1v) is 5.59. The van der Waals surface area contributed by atoms with Crippen LogP contribution in [0.5, 0.6) is 0 Å². The second-order valence-corrected chi connectivity index (χ2v) is 3.89. The quantitative estimate of drug-likeness (QED) is 0.755. The van der Waals surface area contributed by atoms with Gasteiger partial charge in [0.05, 0.1) is 0 Å². The van der Waals surface area contributed by atoms with Crippen molar-refractivity contribution in [3.63, 3.8) is 0 Å². The number of hydrogen-bond acceptors (Lipinski definition) is 3.